The predicted molar refractivity (Wildman–Crippen MR) is 122 cm³/mol. The third-order valence-electron chi connectivity index (χ3n) is 8.00. The largest absolute Gasteiger partial charge is 0.462 e. The van der Waals surface area contributed by atoms with E-state index in [0.29, 0.717) is 24.1 Å². The van der Waals surface area contributed by atoms with Gasteiger partial charge in [-0.15, -0.1) is 0 Å². The third kappa shape index (κ3) is 3.70. The van der Waals surface area contributed by atoms with Gasteiger partial charge in [0, 0.05) is 48.8 Å². The van der Waals surface area contributed by atoms with Crippen molar-refractivity contribution in [1.82, 2.24) is 9.47 Å². The Morgan fingerprint density at radius 3 is 2.58 bits per heavy atom. The molecule has 168 valence electrons. The third-order valence-corrected chi connectivity index (χ3v) is 8.00. The number of likely N-dealkylation sites (tertiary alicyclic amines) is 1. The maximum Gasteiger partial charge on any atom is 0.310 e. The Balaban J connectivity index is 1.36. The summed E-state index contributed by atoms with van der Waals surface area (Å²) in [6.45, 7) is 5.29. The van der Waals surface area contributed by atoms with Gasteiger partial charge >= 0.3 is 5.97 Å². The summed E-state index contributed by atoms with van der Waals surface area (Å²) >= 11 is 0. The number of fused-ring (bicyclic) bond motifs is 2. The second-order valence-electron chi connectivity index (χ2n) is 10.2. The lowest BCUT2D eigenvalue weighted by atomic mass is 9.72. The molecule has 0 unspecified atom stereocenters. The lowest BCUT2D eigenvalue weighted by Gasteiger charge is -2.45. The molecule has 31 heavy (non-hydrogen) atoms. The molecule has 1 saturated heterocycles. The molecule has 0 amide bonds. The summed E-state index contributed by atoms with van der Waals surface area (Å²) in [5.74, 6) is 0.346. The minimum Gasteiger partial charge on any atom is -0.462 e. The molecule has 0 bridgehead atoms. The van der Waals surface area contributed by atoms with Gasteiger partial charge in [-0.05, 0) is 76.6 Å². The maximum atomic E-state index is 13.1. The van der Waals surface area contributed by atoms with Gasteiger partial charge in [0.1, 0.15) is 6.10 Å². The van der Waals surface area contributed by atoms with E-state index in [1.807, 2.05) is 0 Å². The van der Waals surface area contributed by atoms with Crippen molar-refractivity contribution in [3.8, 4) is 0 Å². The summed E-state index contributed by atoms with van der Waals surface area (Å²) in [5.41, 5.74) is 4.22. The van der Waals surface area contributed by atoms with Gasteiger partial charge in [-0.3, -0.25) is 4.79 Å². The van der Waals surface area contributed by atoms with Crippen molar-refractivity contribution in [1.29, 1.82) is 0 Å². The van der Waals surface area contributed by atoms with Crippen LogP contribution in [0.15, 0.2) is 24.4 Å². The standard InChI is InChI=1S/C26H36N2O3/c1-16(2)28-15-17-13-24-22(21-6-5-7-23(28)25(17)21)12-18(14-27(24)3)26(29)31-20-10-8-19(30-4)9-11-20/h5-7,15-16,18-20,22,24H,8-14H2,1-4H3/t18-,19?,20?,22-,24+/m1/s1. The molecular weight excluding hydrogens is 388 g/mol. The fourth-order valence-electron chi connectivity index (χ4n) is 6.32. The Hall–Kier alpha value is -1.85. The summed E-state index contributed by atoms with van der Waals surface area (Å²) in [6, 6.07) is 7.64. The van der Waals surface area contributed by atoms with E-state index in [-0.39, 0.29) is 18.0 Å². The van der Waals surface area contributed by atoms with E-state index in [4.69, 9.17) is 9.47 Å². The SMILES string of the molecule is COC1CCC(OC(=O)[C@@H]2C[C@@H]3c4cccc5c4c(cn5C(C)C)C[C@@H]3N(C)C2)CC1. The molecule has 0 N–H and O–H groups in total. The molecule has 1 aromatic heterocycles. The molecule has 0 radical (unpaired) electrons. The van der Waals surface area contributed by atoms with Crippen LogP contribution >= 0.6 is 0 Å². The van der Waals surface area contributed by atoms with Crippen molar-refractivity contribution in [3.63, 3.8) is 0 Å². The highest BCUT2D eigenvalue weighted by atomic mass is 16.5. The Bertz CT molecular complexity index is 957. The number of aromatic nitrogens is 1. The second-order valence-corrected chi connectivity index (χ2v) is 10.2. The highest BCUT2D eigenvalue weighted by Gasteiger charge is 2.42. The van der Waals surface area contributed by atoms with Crippen LogP contribution in [0.4, 0.5) is 0 Å². The maximum absolute atomic E-state index is 13.1. The fourth-order valence-corrected chi connectivity index (χ4v) is 6.32. The Morgan fingerprint density at radius 2 is 1.87 bits per heavy atom. The zero-order valence-electron chi connectivity index (χ0n) is 19.3. The number of carbonyl (C=O) groups excluding carboxylic acids is 1. The molecule has 0 spiro atoms. The van der Waals surface area contributed by atoms with Crippen molar-refractivity contribution in [2.45, 2.75) is 82.6 Å². The Labute approximate surface area is 185 Å². The second kappa shape index (κ2) is 8.25. The lowest BCUT2D eigenvalue weighted by molar-refractivity contribution is -0.159. The number of likely N-dealkylation sites (N-methyl/N-ethyl adjacent to an activating group) is 1. The quantitative estimate of drug-likeness (QED) is 0.669. The lowest BCUT2D eigenvalue weighted by Crippen LogP contribution is -2.50. The first-order valence-corrected chi connectivity index (χ1v) is 12.0. The Kier molecular flexibility index (Phi) is 5.59. The van der Waals surface area contributed by atoms with E-state index >= 15 is 0 Å². The van der Waals surface area contributed by atoms with E-state index in [1.54, 1.807) is 7.11 Å². The molecule has 1 aromatic carbocycles. The minimum absolute atomic E-state index is 0.00360. The van der Waals surface area contributed by atoms with Gasteiger partial charge in [0.25, 0.3) is 0 Å². The van der Waals surface area contributed by atoms with Crippen LogP contribution in [0, 0.1) is 5.92 Å². The summed E-state index contributed by atoms with van der Waals surface area (Å²) in [6.07, 6.45) is 8.52. The number of carbonyl (C=O) groups is 1. The van der Waals surface area contributed by atoms with Crippen LogP contribution in [0.25, 0.3) is 10.9 Å². The molecular formula is C26H36N2O3. The van der Waals surface area contributed by atoms with Crippen LogP contribution < -0.4 is 0 Å². The first-order chi connectivity index (χ1) is 15.0. The Morgan fingerprint density at radius 1 is 1.13 bits per heavy atom. The normalized spacial score (nSPS) is 31.1. The number of benzene rings is 1. The molecule has 2 fully saturated rings. The van der Waals surface area contributed by atoms with Crippen molar-refractivity contribution < 1.29 is 14.3 Å². The number of esters is 1. The topological polar surface area (TPSA) is 43.7 Å². The number of rotatable bonds is 4. The molecule has 5 heteroatoms. The number of hydrogen-bond acceptors (Lipinski definition) is 4. The molecule has 1 aliphatic heterocycles. The summed E-state index contributed by atoms with van der Waals surface area (Å²) in [4.78, 5) is 15.5. The summed E-state index contributed by atoms with van der Waals surface area (Å²) < 4.78 is 13.9. The van der Waals surface area contributed by atoms with Crippen LogP contribution in [0.1, 0.15) is 69.0 Å². The number of ether oxygens (including phenoxy) is 2. The van der Waals surface area contributed by atoms with Crippen molar-refractivity contribution in [2.24, 2.45) is 5.92 Å². The van der Waals surface area contributed by atoms with Gasteiger partial charge in [-0.25, -0.2) is 0 Å². The van der Waals surface area contributed by atoms with Gasteiger partial charge in [0.15, 0.2) is 0 Å². The average molecular weight is 425 g/mol. The van der Waals surface area contributed by atoms with Crippen LogP contribution in [-0.4, -0.2) is 54.4 Å². The van der Waals surface area contributed by atoms with E-state index in [9.17, 15) is 4.79 Å². The van der Waals surface area contributed by atoms with Crippen LogP contribution in [0.2, 0.25) is 0 Å². The van der Waals surface area contributed by atoms with Gasteiger partial charge in [-0.1, -0.05) is 12.1 Å². The molecule has 2 aromatic rings. The summed E-state index contributed by atoms with van der Waals surface area (Å²) in [5, 5.41) is 1.43. The molecule has 5 nitrogen and oxygen atoms in total. The monoisotopic (exact) mass is 424 g/mol. The van der Waals surface area contributed by atoms with Crippen molar-refractivity contribution in [3.05, 3.63) is 35.5 Å². The zero-order chi connectivity index (χ0) is 21.7. The minimum atomic E-state index is -0.0459. The van der Waals surface area contributed by atoms with Crippen molar-refractivity contribution in [2.75, 3.05) is 20.7 Å². The van der Waals surface area contributed by atoms with E-state index < -0.39 is 0 Å². The molecule has 1 saturated carbocycles. The van der Waals surface area contributed by atoms with Gasteiger partial charge in [-0.2, -0.15) is 0 Å². The van der Waals surface area contributed by atoms with Crippen LogP contribution in [0.3, 0.4) is 0 Å². The molecule has 2 heterocycles. The van der Waals surface area contributed by atoms with Gasteiger partial charge < -0.3 is 18.9 Å². The average Bonchev–Trinajstić information content (AvgIpc) is 3.15. The molecule has 3 aliphatic rings. The number of methoxy groups -OCH3 is 1. The fraction of sp³-hybridized carbons (Fsp3) is 0.654. The number of hydrogen-bond donors (Lipinski definition) is 0. The zero-order valence-corrected chi connectivity index (χ0v) is 19.3. The summed E-state index contributed by atoms with van der Waals surface area (Å²) in [7, 11) is 3.96. The van der Waals surface area contributed by atoms with E-state index in [0.717, 1.165) is 45.1 Å². The smallest absolute Gasteiger partial charge is 0.310 e. The van der Waals surface area contributed by atoms with Gasteiger partial charge in [0.2, 0.25) is 0 Å². The van der Waals surface area contributed by atoms with Gasteiger partial charge in [0.05, 0.1) is 12.0 Å². The highest BCUT2D eigenvalue weighted by molar-refractivity contribution is 5.89. The molecule has 5 rings (SSSR count). The van der Waals surface area contributed by atoms with E-state index in [2.05, 4.69) is 54.8 Å². The first-order valence-electron chi connectivity index (χ1n) is 12.0. The number of piperidine rings is 1. The highest BCUT2D eigenvalue weighted by Crippen LogP contribution is 2.45. The van der Waals surface area contributed by atoms with E-state index in [1.165, 1.54) is 22.0 Å². The molecule has 2 aliphatic carbocycles. The first kappa shape index (κ1) is 21.0. The predicted octanol–water partition coefficient (Wildman–Crippen LogP) is 4.68. The van der Waals surface area contributed by atoms with Crippen molar-refractivity contribution >= 4 is 16.9 Å². The number of nitrogens with zero attached hydrogens (tertiary/aromatic N) is 2. The molecule has 3 atom stereocenters. The van der Waals surface area contributed by atoms with Crippen LogP contribution in [-0.2, 0) is 20.7 Å². The van der Waals surface area contributed by atoms with Crippen LogP contribution in [0.5, 0.6) is 0 Å².